The average molecular weight is 951 g/mol. The second-order valence-corrected chi connectivity index (χ2v) is 17.5. The maximum atomic E-state index is 12.8. The number of hydrogen-bond donors (Lipinski definition) is 0. The molecule has 0 radical (unpaired) electrons. The van der Waals surface area contributed by atoms with Crippen LogP contribution in [0.1, 0.15) is 213 Å². The fraction of sp³-hybridized carbons (Fsp3) is 0.571. The smallest absolute Gasteiger partial charge is 0.306 e. The molecule has 0 aromatic carbocycles. The molecule has 0 N–H and O–H groups in total. The molecule has 0 aliphatic heterocycles. The standard InChI is InChI=1S/C63H98O6/c1-4-7-10-13-16-19-22-25-28-31-33-35-38-41-44-47-50-53-56-62(65)68-59-60(58-67-61(64)55-52-49-46-43-40-37-34-30-27-24-21-18-15-12-9-6-3)69-63(66)57-54-51-48-45-42-39-36-32-29-26-23-20-17-14-11-8-5-2/h8-9,11-12,16-22,25-31,33,35-36,39,45,48,60H,4-7,10,13-15,23-24,32,34,37-38,40-44,46-47,49-59H2,1-3H3/b11-8-,12-9-,19-16-,20-17-,21-18-,25-22-,29-26-,30-27-,31-28-,35-33-,39-36-,48-45-. The molecule has 0 fully saturated rings. The topological polar surface area (TPSA) is 78.9 Å². The van der Waals surface area contributed by atoms with Crippen molar-refractivity contribution in [3.05, 3.63) is 146 Å². The van der Waals surface area contributed by atoms with E-state index in [-0.39, 0.29) is 37.5 Å². The number of carbonyl (C=O) groups excluding carboxylic acids is 3. The van der Waals surface area contributed by atoms with E-state index < -0.39 is 6.10 Å². The molecule has 0 aromatic heterocycles. The van der Waals surface area contributed by atoms with E-state index in [0.29, 0.717) is 19.3 Å². The van der Waals surface area contributed by atoms with Crippen LogP contribution in [0.4, 0.5) is 0 Å². The van der Waals surface area contributed by atoms with Gasteiger partial charge in [-0.2, -0.15) is 0 Å². The Morgan fingerprint density at radius 1 is 0.319 bits per heavy atom. The van der Waals surface area contributed by atoms with Gasteiger partial charge in [-0.3, -0.25) is 14.4 Å². The minimum absolute atomic E-state index is 0.122. The zero-order valence-corrected chi connectivity index (χ0v) is 44.0. The van der Waals surface area contributed by atoms with Gasteiger partial charge in [0.15, 0.2) is 6.10 Å². The predicted molar refractivity (Wildman–Crippen MR) is 297 cm³/mol. The number of esters is 3. The summed E-state index contributed by atoms with van der Waals surface area (Å²) < 4.78 is 16.8. The highest BCUT2D eigenvalue weighted by Crippen LogP contribution is 2.12. The molecule has 0 aliphatic carbocycles. The van der Waals surface area contributed by atoms with Gasteiger partial charge in [-0.1, -0.05) is 224 Å². The first-order valence-corrected chi connectivity index (χ1v) is 27.4. The van der Waals surface area contributed by atoms with Gasteiger partial charge in [0, 0.05) is 19.3 Å². The van der Waals surface area contributed by atoms with E-state index >= 15 is 0 Å². The van der Waals surface area contributed by atoms with Gasteiger partial charge < -0.3 is 14.2 Å². The Labute approximate surface area is 423 Å². The van der Waals surface area contributed by atoms with Crippen molar-refractivity contribution >= 4 is 17.9 Å². The first kappa shape index (κ1) is 64.3. The molecule has 0 rings (SSSR count). The van der Waals surface area contributed by atoms with Crippen LogP contribution in [-0.2, 0) is 28.6 Å². The molecule has 0 aliphatic rings. The van der Waals surface area contributed by atoms with Gasteiger partial charge in [0.25, 0.3) is 0 Å². The van der Waals surface area contributed by atoms with Crippen molar-refractivity contribution in [2.75, 3.05) is 13.2 Å². The van der Waals surface area contributed by atoms with Crippen LogP contribution >= 0.6 is 0 Å². The normalized spacial score (nSPS) is 13.3. The van der Waals surface area contributed by atoms with Crippen molar-refractivity contribution < 1.29 is 28.6 Å². The predicted octanol–water partition coefficient (Wildman–Crippen LogP) is 18.4. The Kier molecular flexibility index (Phi) is 52.1. The zero-order valence-electron chi connectivity index (χ0n) is 44.0. The number of rotatable bonds is 47. The summed E-state index contributed by atoms with van der Waals surface area (Å²) in [6.07, 6.45) is 79.7. The number of carbonyl (C=O) groups is 3. The molecule has 0 aromatic rings. The maximum Gasteiger partial charge on any atom is 0.306 e. The lowest BCUT2D eigenvalue weighted by molar-refractivity contribution is -0.167. The lowest BCUT2D eigenvalue weighted by Gasteiger charge is -2.18. The highest BCUT2D eigenvalue weighted by molar-refractivity contribution is 5.71. The van der Waals surface area contributed by atoms with Gasteiger partial charge in [-0.15, -0.1) is 0 Å². The summed E-state index contributed by atoms with van der Waals surface area (Å²) in [5, 5.41) is 0. The summed E-state index contributed by atoms with van der Waals surface area (Å²) in [5.74, 6) is -1.02. The van der Waals surface area contributed by atoms with Crippen LogP contribution in [-0.4, -0.2) is 37.2 Å². The van der Waals surface area contributed by atoms with Crippen molar-refractivity contribution in [1.82, 2.24) is 0 Å². The van der Waals surface area contributed by atoms with Gasteiger partial charge >= 0.3 is 17.9 Å². The molecule has 0 saturated carbocycles. The van der Waals surface area contributed by atoms with Crippen LogP contribution in [0.3, 0.4) is 0 Å². The molecule has 386 valence electrons. The van der Waals surface area contributed by atoms with Crippen molar-refractivity contribution in [3.8, 4) is 0 Å². The lowest BCUT2D eigenvalue weighted by Crippen LogP contribution is -2.30. The Hall–Kier alpha value is -4.71. The van der Waals surface area contributed by atoms with Crippen LogP contribution in [0.5, 0.6) is 0 Å². The van der Waals surface area contributed by atoms with Gasteiger partial charge in [-0.25, -0.2) is 0 Å². The zero-order chi connectivity index (χ0) is 50.0. The molecule has 1 atom stereocenters. The fourth-order valence-electron chi connectivity index (χ4n) is 6.86. The quantitative estimate of drug-likeness (QED) is 0.0199. The Balaban J connectivity index is 4.59. The molecule has 0 bridgehead atoms. The summed E-state index contributed by atoms with van der Waals surface area (Å²) in [4.78, 5) is 38.1. The van der Waals surface area contributed by atoms with Crippen LogP contribution in [0, 0.1) is 0 Å². The second kappa shape index (κ2) is 55.9. The SMILES string of the molecule is CC/C=C\C/C=C\C/C=C\C/C=C\C/C=C\CCCC(=O)OC(COC(=O)CCCCCCC\C=C/C=C\C=C/C=C\CCCCC)COC(=O)CCCCCCCC/C=C\C/C=C\C/C=C\CC. The highest BCUT2D eigenvalue weighted by Gasteiger charge is 2.19. The van der Waals surface area contributed by atoms with E-state index in [1.165, 1.54) is 32.1 Å². The van der Waals surface area contributed by atoms with Gasteiger partial charge in [0.2, 0.25) is 0 Å². The third kappa shape index (κ3) is 54.1. The summed E-state index contributed by atoms with van der Waals surface area (Å²) in [5.41, 5.74) is 0. The summed E-state index contributed by atoms with van der Waals surface area (Å²) in [7, 11) is 0. The van der Waals surface area contributed by atoms with Crippen molar-refractivity contribution in [2.45, 2.75) is 219 Å². The molecule has 6 heteroatoms. The Bertz CT molecular complexity index is 1560. The van der Waals surface area contributed by atoms with Gasteiger partial charge in [0.1, 0.15) is 13.2 Å². The van der Waals surface area contributed by atoms with Crippen molar-refractivity contribution in [1.29, 1.82) is 0 Å². The van der Waals surface area contributed by atoms with Crippen LogP contribution in [0.15, 0.2) is 146 Å². The Morgan fingerprint density at radius 2 is 0.638 bits per heavy atom. The minimum atomic E-state index is -0.830. The number of hydrogen-bond acceptors (Lipinski definition) is 6. The van der Waals surface area contributed by atoms with E-state index in [0.717, 1.165) is 135 Å². The first-order valence-electron chi connectivity index (χ1n) is 27.4. The minimum Gasteiger partial charge on any atom is -0.462 e. The molecular weight excluding hydrogens is 853 g/mol. The first-order chi connectivity index (χ1) is 34.0. The number of unbranched alkanes of at least 4 members (excludes halogenated alkanes) is 15. The molecule has 0 spiro atoms. The molecule has 69 heavy (non-hydrogen) atoms. The summed E-state index contributed by atoms with van der Waals surface area (Å²) >= 11 is 0. The van der Waals surface area contributed by atoms with E-state index in [9.17, 15) is 14.4 Å². The van der Waals surface area contributed by atoms with E-state index in [1.54, 1.807) is 0 Å². The maximum absolute atomic E-state index is 12.8. The van der Waals surface area contributed by atoms with Crippen LogP contribution in [0.25, 0.3) is 0 Å². The average Bonchev–Trinajstić information content (AvgIpc) is 3.35. The monoisotopic (exact) mass is 951 g/mol. The van der Waals surface area contributed by atoms with Crippen molar-refractivity contribution in [2.24, 2.45) is 0 Å². The molecule has 1 unspecified atom stereocenters. The van der Waals surface area contributed by atoms with E-state index in [1.807, 2.05) is 0 Å². The number of ether oxygens (including phenoxy) is 3. The Morgan fingerprint density at radius 3 is 1.06 bits per heavy atom. The summed E-state index contributed by atoms with van der Waals surface area (Å²) in [6, 6.07) is 0. The molecule has 0 saturated heterocycles. The third-order valence-electron chi connectivity index (χ3n) is 10.9. The van der Waals surface area contributed by atoms with E-state index in [4.69, 9.17) is 14.2 Å². The second-order valence-electron chi connectivity index (χ2n) is 17.5. The largest absolute Gasteiger partial charge is 0.462 e. The fourth-order valence-corrected chi connectivity index (χ4v) is 6.86. The van der Waals surface area contributed by atoms with Crippen LogP contribution < -0.4 is 0 Å². The van der Waals surface area contributed by atoms with E-state index in [2.05, 4.69) is 167 Å². The number of allylic oxidation sites excluding steroid dienone is 24. The molecule has 0 heterocycles. The van der Waals surface area contributed by atoms with Crippen molar-refractivity contribution in [3.63, 3.8) is 0 Å². The summed E-state index contributed by atoms with van der Waals surface area (Å²) in [6.45, 7) is 6.28. The van der Waals surface area contributed by atoms with Gasteiger partial charge in [0.05, 0.1) is 0 Å². The molecule has 6 nitrogen and oxygen atoms in total. The van der Waals surface area contributed by atoms with Crippen LogP contribution in [0.2, 0.25) is 0 Å². The third-order valence-corrected chi connectivity index (χ3v) is 10.9. The lowest BCUT2D eigenvalue weighted by atomic mass is 10.1. The molecule has 0 amide bonds. The van der Waals surface area contributed by atoms with Gasteiger partial charge in [-0.05, 0) is 116 Å². The highest BCUT2D eigenvalue weighted by atomic mass is 16.6. The molecular formula is C63H98O6.